The predicted octanol–water partition coefficient (Wildman–Crippen LogP) is 2.12. The Hall–Kier alpha value is -1.36. The molecule has 19 heavy (non-hydrogen) atoms. The summed E-state index contributed by atoms with van der Waals surface area (Å²) in [6.45, 7) is 10.3. The third-order valence-corrected chi connectivity index (χ3v) is 3.41. The standard InChI is InChI=1S/C14H25N3O2/c1-6-14(3,4)10-15-9-12-11(8-16-17(12)5)13(18)19-7-2/h8,15H,6-7,9-10H2,1-5H3. The number of ether oxygens (including phenoxy) is 1. The second-order valence-corrected chi connectivity index (χ2v) is 5.47. The van der Waals surface area contributed by atoms with Gasteiger partial charge in [0.2, 0.25) is 0 Å². The van der Waals surface area contributed by atoms with Gasteiger partial charge in [0, 0.05) is 20.1 Å². The van der Waals surface area contributed by atoms with E-state index in [4.69, 9.17) is 4.74 Å². The van der Waals surface area contributed by atoms with Gasteiger partial charge < -0.3 is 10.1 Å². The number of carbonyl (C=O) groups excluding carboxylic acids is 1. The van der Waals surface area contributed by atoms with Crippen LogP contribution < -0.4 is 5.32 Å². The van der Waals surface area contributed by atoms with E-state index >= 15 is 0 Å². The van der Waals surface area contributed by atoms with Crippen molar-refractivity contribution in [1.82, 2.24) is 15.1 Å². The van der Waals surface area contributed by atoms with Gasteiger partial charge >= 0.3 is 5.97 Å². The number of nitrogens with one attached hydrogen (secondary N) is 1. The van der Waals surface area contributed by atoms with Gasteiger partial charge in [0.05, 0.1) is 18.5 Å². The van der Waals surface area contributed by atoms with Crippen LogP contribution in [0.3, 0.4) is 0 Å². The Bertz CT molecular complexity index is 424. The SMILES string of the molecule is CCOC(=O)c1cnn(C)c1CNCC(C)(C)CC. The first-order valence-electron chi connectivity index (χ1n) is 6.80. The highest BCUT2D eigenvalue weighted by Gasteiger charge is 2.18. The van der Waals surface area contributed by atoms with Crippen LogP contribution in [0.1, 0.15) is 50.2 Å². The van der Waals surface area contributed by atoms with Crippen LogP contribution in [0.15, 0.2) is 6.20 Å². The molecule has 1 N–H and O–H groups in total. The van der Waals surface area contributed by atoms with Gasteiger partial charge in [-0.2, -0.15) is 5.10 Å². The number of nitrogens with zero attached hydrogens (tertiary/aromatic N) is 2. The Labute approximate surface area is 115 Å². The maximum atomic E-state index is 11.8. The monoisotopic (exact) mass is 267 g/mol. The van der Waals surface area contributed by atoms with Crippen LogP contribution in [0.2, 0.25) is 0 Å². The number of rotatable bonds is 7. The molecular formula is C14H25N3O2. The van der Waals surface area contributed by atoms with Crippen molar-refractivity contribution in [2.24, 2.45) is 12.5 Å². The Kier molecular flexibility index (Phi) is 5.54. The number of esters is 1. The zero-order chi connectivity index (χ0) is 14.5. The first kappa shape index (κ1) is 15.7. The Morgan fingerprint density at radius 2 is 2.16 bits per heavy atom. The van der Waals surface area contributed by atoms with Gasteiger partial charge in [-0.15, -0.1) is 0 Å². The minimum atomic E-state index is -0.304. The van der Waals surface area contributed by atoms with Crippen LogP contribution in [0.4, 0.5) is 0 Å². The van der Waals surface area contributed by atoms with Gasteiger partial charge in [-0.25, -0.2) is 4.79 Å². The molecule has 0 aliphatic rings. The normalized spacial score (nSPS) is 11.6. The minimum absolute atomic E-state index is 0.253. The minimum Gasteiger partial charge on any atom is -0.462 e. The Balaban J connectivity index is 2.68. The first-order valence-corrected chi connectivity index (χ1v) is 6.80. The molecule has 0 atom stereocenters. The number of hydrogen-bond donors (Lipinski definition) is 1. The molecule has 0 saturated carbocycles. The highest BCUT2D eigenvalue weighted by atomic mass is 16.5. The molecule has 0 amide bonds. The molecule has 0 saturated heterocycles. The lowest BCUT2D eigenvalue weighted by atomic mass is 9.90. The van der Waals surface area contributed by atoms with Crippen molar-refractivity contribution in [2.45, 2.75) is 40.7 Å². The molecule has 1 heterocycles. The van der Waals surface area contributed by atoms with Crippen LogP contribution in [-0.2, 0) is 18.3 Å². The lowest BCUT2D eigenvalue weighted by Gasteiger charge is -2.23. The van der Waals surface area contributed by atoms with E-state index in [1.54, 1.807) is 17.8 Å². The molecule has 5 heteroatoms. The summed E-state index contributed by atoms with van der Waals surface area (Å²) in [6.07, 6.45) is 2.68. The zero-order valence-electron chi connectivity index (χ0n) is 12.6. The van der Waals surface area contributed by atoms with Crippen molar-refractivity contribution in [3.8, 4) is 0 Å². The topological polar surface area (TPSA) is 56.1 Å². The lowest BCUT2D eigenvalue weighted by Crippen LogP contribution is -2.29. The summed E-state index contributed by atoms with van der Waals surface area (Å²) in [7, 11) is 1.84. The molecule has 5 nitrogen and oxygen atoms in total. The molecule has 0 aliphatic heterocycles. The molecule has 1 aromatic heterocycles. The van der Waals surface area contributed by atoms with Crippen molar-refractivity contribution >= 4 is 5.97 Å². The van der Waals surface area contributed by atoms with E-state index in [0.29, 0.717) is 18.7 Å². The summed E-state index contributed by atoms with van der Waals surface area (Å²) in [5.74, 6) is -0.304. The van der Waals surface area contributed by atoms with E-state index < -0.39 is 0 Å². The van der Waals surface area contributed by atoms with Gasteiger partial charge in [0.25, 0.3) is 0 Å². The van der Waals surface area contributed by atoms with E-state index in [9.17, 15) is 4.79 Å². The van der Waals surface area contributed by atoms with E-state index in [-0.39, 0.29) is 11.4 Å². The highest BCUT2D eigenvalue weighted by molar-refractivity contribution is 5.90. The maximum Gasteiger partial charge on any atom is 0.341 e. The second-order valence-electron chi connectivity index (χ2n) is 5.47. The van der Waals surface area contributed by atoms with Crippen molar-refractivity contribution < 1.29 is 9.53 Å². The van der Waals surface area contributed by atoms with Gasteiger partial charge in [-0.1, -0.05) is 20.8 Å². The van der Waals surface area contributed by atoms with Gasteiger partial charge in [-0.05, 0) is 18.8 Å². The van der Waals surface area contributed by atoms with E-state index in [1.165, 1.54) is 0 Å². The molecule has 0 unspecified atom stereocenters. The zero-order valence-corrected chi connectivity index (χ0v) is 12.6. The molecule has 1 rings (SSSR count). The molecule has 0 fully saturated rings. The van der Waals surface area contributed by atoms with Crippen LogP contribution in [-0.4, -0.2) is 28.9 Å². The summed E-state index contributed by atoms with van der Waals surface area (Å²) in [5, 5.41) is 7.52. The number of aromatic nitrogens is 2. The van der Waals surface area contributed by atoms with Crippen molar-refractivity contribution in [3.63, 3.8) is 0 Å². The molecule has 0 aliphatic carbocycles. The summed E-state index contributed by atoms with van der Waals surface area (Å²) < 4.78 is 6.75. The fraction of sp³-hybridized carbons (Fsp3) is 0.714. The largest absolute Gasteiger partial charge is 0.462 e. The van der Waals surface area contributed by atoms with Crippen molar-refractivity contribution in [2.75, 3.05) is 13.2 Å². The Morgan fingerprint density at radius 3 is 2.74 bits per heavy atom. The molecule has 0 aromatic carbocycles. The number of aryl methyl sites for hydroxylation is 1. The quantitative estimate of drug-likeness (QED) is 0.769. The maximum absolute atomic E-state index is 11.8. The number of carbonyl (C=O) groups is 1. The molecular weight excluding hydrogens is 242 g/mol. The molecule has 0 spiro atoms. The lowest BCUT2D eigenvalue weighted by molar-refractivity contribution is 0.0524. The second kappa shape index (κ2) is 6.70. The summed E-state index contributed by atoms with van der Waals surface area (Å²) in [4.78, 5) is 11.8. The van der Waals surface area contributed by atoms with Crippen LogP contribution in [0.25, 0.3) is 0 Å². The van der Waals surface area contributed by atoms with E-state index in [2.05, 4.69) is 31.2 Å². The Morgan fingerprint density at radius 1 is 1.47 bits per heavy atom. The van der Waals surface area contributed by atoms with Gasteiger partial charge in [-0.3, -0.25) is 4.68 Å². The molecule has 0 radical (unpaired) electrons. The van der Waals surface area contributed by atoms with Gasteiger partial charge in [0.1, 0.15) is 5.56 Å². The van der Waals surface area contributed by atoms with E-state index in [1.807, 2.05) is 7.05 Å². The fourth-order valence-electron chi connectivity index (χ4n) is 1.70. The van der Waals surface area contributed by atoms with Crippen LogP contribution >= 0.6 is 0 Å². The smallest absolute Gasteiger partial charge is 0.341 e. The molecule has 108 valence electrons. The summed E-state index contributed by atoms with van der Waals surface area (Å²) >= 11 is 0. The highest BCUT2D eigenvalue weighted by Crippen LogP contribution is 2.18. The van der Waals surface area contributed by atoms with Crippen molar-refractivity contribution in [3.05, 3.63) is 17.5 Å². The van der Waals surface area contributed by atoms with Crippen LogP contribution in [0.5, 0.6) is 0 Å². The fourth-order valence-corrected chi connectivity index (χ4v) is 1.70. The first-order chi connectivity index (χ1) is 8.91. The predicted molar refractivity (Wildman–Crippen MR) is 74.9 cm³/mol. The van der Waals surface area contributed by atoms with Crippen LogP contribution in [0, 0.1) is 5.41 Å². The van der Waals surface area contributed by atoms with Crippen molar-refractivity contribution in [1.29, 1.82) is 0 Å². The average molecular weight is 267 g/mol. The summed E-state index contributed by atoms with van der Waals surface area (Å²) in [5.41, 5.74) is 1.67. The average Bonchev–Trinajstić information content (AvgIpc) is 2.71. The third-order valence-electron chi connectivity index (χ3n) is 3.41. The molecule has 0 bridgehead atoms. The van der Waals surface area contributed by atoms with E-state index in [0.717, 1.165) is 18.7 Å². The number of hydrogen-bond acceptors (Lipinski definition) is 4. The summed E-state index contributed by atoms with van der Waals surface area (Å²) in [6, 6.07) is 0. The van der Waals surface area contributed by atoms with Gasteiger partial charge in [0.15, 0.2) is 0 Å². The molecule has 1 aromatic rings. The third kappa shape index (κ3) is 4.35.